The summed E-state index contributed by atoms with van der Waals surface area (Å²) in [5.74, 6) is -9.91. The first kappa shape index (κ1) is 62.0. The number of phenolic OH excluding ortho intramolecular Hbond substituents is 1. The van der Waals surface area contributed by atoms with Crippen molar-refractivity contribution in [1.29, 1.82) is 0 Å². The van der Waals surface area contributed by atoms with Crippen LogP contribution in [-0.4, -0.2) is 153 Å². The highest BCUT2D eigenvalue weighted by Crippen LogP contribution is 2.14. The van der Waals surface area contributed by atoms with E-state index in [1.54, 1.807) is 34.0 Å². The molecule has 0 saturated carbocycles. The third-order valence-electron chi connectivity index (χ3n) is 10.7. The number of carbonyl (C=O) groups excluding carboxylic acids is 9. The van der Waals surface area contributed by atoms with Gasteiger partial charge in [-0.2, -0.15) is 11.8 Å². The number of phenols is 1. The number of amides is 9. The van der Waals surface area contributed by atoms with Crippen molar-refractivity contribution in [1.82, 2.24) is 42.5 Å². The first-order valence-corrected chi connectivity index (χ1v) is 24.5. The number of aliphatic hydroxyl groups is 1. The number of rotatable bonds is 32. The molecule has 24 nitrogen and oxygen atoms in total. The number of aliphatic hydroxyl groups excluding tert-OH is 1. The minimum atomic E-state index is -1.73. The number of nitrogens with two attached hydrogens (primary N) is 3. The van der Waals surface area contributed by atoms with Crippen LogP contribution in [0.3, 0.4) is 0 Å². The molecule has 10 atom stereocenters. The van der Waals surface area contributed by atoms with Crippen molar-refractivity contribution in [3.63, 3.8) is 0 Å². The van der Waals surface area contributed by atoms with E-state index in [-0.39, 0.29) is 30.9 Å². The number of thioether (sulfide) groups is 1. The maximum Gasteiger partial charge on any atom is 0.326 e. The van der Waals surface area contributed by atoms with Crippen LogP contribution in [0.5, 0.6) is 5.75 Å². The standard InChI is InChI=1S/C45H75N11O13S/c1-22(2)19-31(40(63)50-25(6)38(61)56-36(26(7)57)44(67)51-30(45(68)69)16-18-70-8)52-42(65)33(21-34(48)59)53-41(64)32(20-27-12-14-28(58)15-13-27)54-43(66)35(23(3)4)55-37(60)24(5)49-39(62)29(47)11-9-10-17-46/h12-15,22-26,29-33,35-36,57-58H,9-11,16-21,46-47H2,1-8H3,(H2,48,59)(H,49,62)(H,50,63)(H,51,67)(H,52,65)(H,53,64)(H,54,66)(H,55,60)(H,56,61)(H,68,69)/t24-,25-,26+,29-,30-,31-,32-,33-,35-,36-/m0/s1. The van der Waals surface area contributed by atoms with E-state index in [0.29, 0.717) is 37.1 Å². The fourth-order valence-electron chi connectivity index (χ4n) is 6.65. The number of hydrogen-bond donors (Lipinski definition) is 14. The van der Waals surface area contributed by atoms with Crippen molar-refractivity contribution in [2.75, 3.05) is 18.6 Å². The Balaban J connectivity index is 3.35. The van der Waals surface area contributed by atoms with Crippen LogP contribution in [0.4, 0.5) is 0 Å². The van der Waals surface area contributed by atoms with E-state index in [1.165, 1.54) is 56.8 Å². The summed E-state index contributed by atoms with van der Waals surface area (Å²) in [5.41, 5.74) is 17.4. The molecule has 1 aromatic carbocycles. The van der Waals surface area contributed by atoms with Gasteiger partial charge in [-0.1, -0.05) is 46.2 Å². The van der Waals surface area contributed by atoms with E-state index in [9.17, 15) is 63.3 Å². The SMILES string of the molecule is CSCC[C@H](NC(=O)[C@@H](NC(=O)[C@H](C)NC(=O)[C@H](CC(C)C)NC(=O)[C@H](CC(N)=O)NC(=O)[C@H](Cc1ccc(O)cc1)NC(=O)[C@@H](NC(=O)[C@H](C)NC(=O)[C@@H](N)CCCCN)C(C)C)[C@@H](C)O)C(=O)O. The van der Waals surface area contributed by atoms with Gasteiger partial charge >= 0.3 is 5.97 Å². The normalized spacial score (nSPS) is 15.5. The third-order valence-corrected chi connectivity index (χ3v) is 11.4. The molecule has 1 rings (SSSR count). The zero-order chi connectivity index (χ0) is 53.4. The Morgan fingerprint density at radius 3 is 1.59 bits per heavy atom. The smallest absolute Gasteiger partial charge is 0.326 e. The Hall–Kier alpha value is -6.05. The molecule has 0 aliphatic carbocycles. The number of hydrogen-bond acceptors (Lipinski definition) is 15. The number of aliphatic carboxylic acids is 1. The molecule has 17 N–H and O–H groups in total. The Bertz CT molecular complexity index is 1940. The molecule has 70 heavy (non-hydrogen) atoms. The van der Waals surface area contributed by atoms with Gasteiger partial charge in [-0.15, -0.1) is 0 Å². The molecule has 394 valence electrons. The van der Waals surface area contributed by atoms with Gasteiger partial charge in [-0.25, -0.2) is 4.79 Å². The molecule has 9 amide bonds. The summed E-state index contributed by atoms with van der Waals surface area (Å²) in [6.45, 7) is 11.0. The van der Waals surface area contributed by atoms with Gasteiger partial charge in [0.25, 0.3) is 0 Å². The summed E-state index contributed by atoms with van der Waals surface area (Å²) in [6, 6.07) is -6.58. The van der Waals surface area contributed by atoms with E-state index in [2.05, 4.69) is 42.5 Å². The van der Waals surface area contributed by atoms with Crippen LogP contribution in [0, 0.1) is 11.8 Å². The summed E-state index contributed by atoms with van der Waals surface area (Å²) in [4.78, 5) is 132. The van der Waals surface area contributed by atoms with Crippen LogP contribution >= 0.6 is 11.8 Å². The third kappa shape index (κ3) is 22.6. The first-order chi connectivity index (χ1) is 32.7. The Kier molecular flexibility index (Phi) is 27.6. The number of carbonyl (C=O) groups is 10. The van der Waals surface area contributed by atoms with Crippen molar-refractivity contribution in [3.05, 3.63) is 29.8 Å². The van der Waals surface area contributed by atoms with Crippen LogP contribution in [0.15, 0.2) is 24.3 Å². The zero-order valence-electron chi connectivity index (χ0n) is 41.2. The summed E-state index contributed by atoms with van der Waals surface area (Å²) in [6.07, 6.45) is 0.883. The Morgan fingerprint density at radius 2 is 1.09 bits per heavy atom. The number of carboxylic acids is 1. The van der Waals surface area contributed by atoms with Gasteiger partial charge in [-0.05, 0) is 94.5 Å². The van der Waals surface area contributed by atoms with Crippen molar-refractivity contribution in [2.24, 2.45) is 29.0 Å². The first-order valence-electron chi connectivity index (χ1n) is 23.1. The summed E-state index contributed by atoms with van der Waals surface area (Å²) in [5, 5.41) is 49.4. The molecule has 0 aliphatic heterocycles. The minimum Gasteiger partial charge on any atom is -0.508 e. The van der Waals surface area contributed by atoms with E-state index in [4.69, 9.17) is 17.2 Å². The lowest BCUT2D eigenvalue weighted by Gasteiger charge is -2.28. The molecule has 0 heterocycles. The summed E-state index contributed by atoms with van der Waals surface area (Å²) in [7, 11) is 0. The van der Waals surface area contributed by atoms with Crippen molar-refractivity contribution in [3.8, 4) is 5.75 Å². The van der Waals surface area contributed by atoms with Gasteiger partial charge < -0.3 is 75.1 Å². The molecule has 0 unspecified atom stereocenters. The number of aromatic hydroxyl groups is 1. The number of primary amides is 1. The fourth-order valence-corrected chi connectivity index (χ4v) is 7.12. The lowest BCUT2D eigenvalue weighted by atomic mass is 10.00. The second kappa shape index (κ2) is 31.2. The van der Waals surface area contributed by atoms with Gasteiger partial charge in [-0.3, -0.25) is 43.2 Å². The van der Waals surface area contributed by atoms with Crippen LogP contribution < -0.4 is 59.7 Å². The molecule has 0 fully saturated rings. The number of nitrogens with one attached hydrogen (secondary N) is 8. The molecule has 0 aromatic heterocycles. The number of benzene rings is 1. The van der Waals surface area contributed by atoms with E-state index >= 15 is 0 Å². The predicted octanol–water partition coefficient (Wildman–Crippen LogP) is -2.89. The van der Waals surface area contributed by atoms with Crippen molar-refractivity contribution < 1.29 is 63.3 Å². The van der Waals surface area contributed by atoms with E-state index in [0.717, 1.165) is 0 Å². The van der Waals surface area contributed by atoms with Gasteiger partial charge in [0.1, 0.15) is 54.1 Å². The molecular formula is C45H75N11O13S. The zero-order valence-corrected chi connectivity index (χ0v) is 42.0. The van der Waals surface area contributed by atoms with Crippen molar-refractivity contribution in [2.45, 2.75) is 154 Å². The Labute approximate surface area is 412 Å². The van der Waals surface area contributed by atoms with Crippen LogP contribution in [0.1, 0.15) is 92.6 Å². The molecule has 0 aliphatic rings. The maximum atomic E-state index is 14.1. The monoisotopic (exact) mass is 1010 g/mol. The van der Waals surface area contributed by atoms with E-state index in [1.807, 2.05) is 0 Å². The largest absolute Gasteiger partial charge is 0.508 e. The molecule has 0 bridgehead atoms. The van der Waals surface area contributed by atoms with E-state index < -0.39 is 132 Å². The fraction of sp³-hybridized carbons (Fsp3) is 0.644. The lowest BCUT2D eigenvalue weighted by Crippen LogP contribution is -2.61. The van der Waals surface area contributed by atoms with Crippen LogP contribution in [0.25, 0.3) is 0 Å². The maximum absolute atomic E-state index is 14.1. The second-order valence-corrected chi connectivity index (χ2v) is 18.8. The van der Waals surface area contributed by atoms with Crippen LogP contribution in [-0.2, 0) is 54.4 Å². The van der Waals surface area contributed by atoms with Gasteiger partial charge in [0, 0.05) is 6.42 Å². The topological polar surface area (TPSA) is 406 Å². The molecule has 0 spiro atoms. The predicted molar refractivity (Wildman–Crippen MR) is 260 cm³/mol. The van der Waals surface area contributed by atoms with Gasteiger partial charge in [0.05, 0.1) is 18.6 Å². The molecule has 25 heteroatoms. The Morgan fingerprint density at radius 1 is 0.600 bits per heavy atom. The number of unbranched alkanes of at least 4 members (excludes halogenated alkanes) is 1. The molecule has 0 radical (unpaired) electrons. The highest BCUT2D eigenvalue weighted by molar-refractivity contribution is 7.98. The summed E-state index contributed by atoms with van der Waals surface area (Å²) < 4.78 is 0. The highest BCUT2D eigenvalue weighted by Gasteiger charge is 2.36. The minimum absolute atomic E-state index is 0.0276. The number of carboxylic acid groups (broad SMARTS) is 1. The average molecular weight is 1010 g/mol. The van der Waals surface area contributed by atoms with Gasteiger partial charge in [0.15, 0.2) is 0 Å². The quantitative estimate of drug-likeness (QED) is 0.0322. The lowest BCUT2D eigenvalue weighted by molar-refractivity contribution is -0.143. The molecular weight excluding hydrogens is 935 g/mol. The summed E-state index contributed by atoms with van der Waals surface area (Å²) >= 11 is 1.35. The van der Waals surface area contributed by atoms with Gasteiger partial charge in [0.2, 0.25) is 53.2 Å². The van der Waals surface area contributed by atoms with Crippen LogP contribution in [0.2, 0.25) is 0 Å². The second-order valence-electron chi connectivity index (χ2n) is 17.8. The molecule has 1 aromatic rings. The average Bonchev–Trinajstić information content (AvgIpc) is 3.27. The van der Waals surface area contributed by atoms with Crippen molar-refractivity contribution >= 4 is 70.9 Å². The highest BCUT2D eigenvalue weighted by atomic mass is 32.2. The molecule has 0 saturated heterocycles.